The van der Waals surface area contributed by atoms with E-state index in [9.17, 15) is 9.18 Å². The number of allylic oxidation sites excluding steroid dienone is 2. The summed E-state index contributed by atoms with van der Waals surface area (Å²) in [6.07, 6.45) is 4.82. The zero-order valence-electron chi connectivity index (χ0n) is 15.1. The van der Waals surface area contributed by atoms with E-state index in [2.05, 4.69) is 17.2 Å². The van der Waals surface area contributed by atoms with Crippen LogP contribution < -0.4 is 11.1 Å². The topological polar surface area (TPSA) is 68.0 Å². The number of carbonyl (C=O) groups is 1. The fourth-order valence-electron chi connectivity index (χ4n) is 3.44. The van der Waals surface area contributed by atoms with Gasteiger partial charge in [0.05, 0.1) is 11.9 Å². The maximum atomic E-state index is 13.1. The molecule has 26 heavy (non-hydrogen) atoms. The lowest BCUT2D eigenvalue weighted by molar-refractivity contribution is -0.118. The second-order valence-electron chi connectivity index (χ2n) is 6.87. The first kappa shape index (κ1) is 18.3. The van der Waals surface area contributed by atoms with Crippen LogP contribution in [-0.2, 0) is 4.79 Å². The lowest BCUT2D eigenvalue weighted by Gasteiger charge is -2.24. The molecule has 0 saturated carbocycles. The van der Waals surface area contributed by atoms with Gasteiger partial charge in [0.15, 0.2) is 0 Å². The van der Waals surface area contributed by atoms with E-state index >= 15 is 0 Å². The highest BCUT2D eigenvalue weighted by Gasteiger charge is 2.26. The standard InChI is InChI=1S/C21H24FN3O/c1-13-11-12-24-14(2)19(13)15-5-9-18(10-6-15)25-21(26)20(23)16-3-7-17(22)8-4-16/h5-7,9-12,16,20H,3-4,8,23H2,1-2H3,(H,25,26)/t16?,20-/m0/s1. The predicted octanol–water partition coefficient (Wildman–Crippen LogP) is 4.28. The van der Waals surface area contributed by atoms with Gasteiger partial charge in [-0.2, -0.15) is 0 Å². The van der Waals surface area contributed by atoms with Crippen LogP contribution in [0.15, 0.2) is 48.4 Å². The van der Waals surface area contributed by atoms with Crippen LogP contribution in [0.3, 0.4) is 0 Å². The molecule has 0 radical (unpaired) electrons. The smallest absolute Gasteiger partial charge is 0.241 e. The summed E-state index contributed by atoms with van der Waals surface area (Å²) in [5, 5.41) is 2.86. The Morgan fingerprint density at radius 1 is 1.27 bits per heavy atom. The van der Waals surface area contributed by atoms with Crippen molar-refractivity contribution in [3.05, 3.63) is 59.7 Å². The second kappa shape index (κ2) is 7.79. The van der Waals surface area contributed by atoms with E-state index in [1.807, 2.05) is 37.3 Å². The molecule has 1 aliphatic carbocycles. The highest BCUT2D eigenvalue weighted by molar-refractivity contribution is 5.95. The SMILES string of the molecule is Cc1ccnc(C)c1-c1ccc(NC(=O)[C@@H](N)C2CC=C(F)CC2)cc1. The number of nitrogens with two attached hydrogens (primary N) is 1. The third kappa shape index (κ3) is 3.99. The van der Waals surface area contributed by atoms with Gasteiger partial charge in [0, 0.05) is 23.1 Å². The lowest BCUT2D eigenvalue weighted by Crippen LogP contribution is -2.42. The average molecular weight is 353 g/mol. The van der Waals surface area contributed by atoms with Gasteiger partial charge in [0.25, 0.3) is 0 Å². The van der Waals surface area contributed by atoms with Crippen molar-refractivity contribution in [1.82, 2.24) is 4.98 Å². The van der Waals surface area contributed by atoms with Crippen molar-refractivity contribution in [3.63, 3.8) is 0 Å². The zero-order chi connectivity index (χ0) is 18.7. The zero-order valence-corrected chi connectivity index (χ0v) is 15.1. The van der Waals surface area contributed by atoms with E-state index in [0.717, 1.165) is 22.4 Å². The highest BCUT2D eigenvalue weighted by Crippen LogP contribution is 2.28. The van der Waals surface area contributed by atoms with Crippen LogP contribution in [0, 0.1) is 19.8 Å². The van der Waals surface area contributed by atoms with Gasteiger partial charge < -0.3 is 11.1 Å². The Bertz CT molecular complexity index is 809. The third-order valence-electron chi connectivity index (χ3n) is 5.00. The molecule has 1 amide bonds. The van der Waals surface area contributed by atoms with Gasteiger partial charge >= 0.3 is 0 Å². The van der Waals surface area contributed by atoms with Gasteiger partial charge in [-0.25, -0.2) is 4.39 Å². The van der Waals surface area contributed by atoms with Gasteiger partial charge in [-0.3, -0.25) is 9.78 Å². The summed E-state index contributed by atoms with van der Waals surface area (Å²) in [5.41, 5.74) is 11.1. The molecular weight excluding hydrogens is 329 g/mol. The van der Waals surface area contributed by atoms with E-state index in [-0.39, 0.29) is 17.7 Å². The van der Waals surface area contributed by atoms with Crippen molar-refractivity contribution in [3.8, 4) is 11.1 Å². The molecule has 5 heteroatoms. The fourth-order valence-corrected chi connectivity index (χ4v) is 3.44. The van der Waals surface area contributed by atoms with Crippen LogP contribution in [0.5, 0.6) is 0 Å². The summed E-state index contributed by atoms with van der Waals surface area (Å²) in [7, 11) is 0. The van der Waals surface area contributed by atoms with Crippen molar-refractivity contribution in [2.75, 3.05) is 5.32 Å². The van der Waals surface area contributed by atoms with Crippen LogP contribution >= 0.6 is 0 Å². The summed E-state index contributed by atoms with van der Waals surface area (Å²) in [4.78, 5) is 16.7. The largest absolute Gasteiger partial charge is 0.325 e. The molecule has 1 unspecified atom stereocenters. The molecule has 3 N–H and O–H groups in total. The normalized spacial score (nSPS) is 18.2. The van der Waals surface area contributed by atoms with E-state index in [0.29, 0.717) is 24.9 Å². The van der Waals surface area contributed by atoms with Crippen molar-refractivity contribution in [2.45, 2.75) is 39.2 Å². The summed E-state index contributed by atoms with van der Waals surface area (Å²) in [6, 6.07) is 9.02. The molecule has 2 aromatic rings. The van der Waals surface area contributed by atoms with Gasteiger partial charge in [0.2, 0.25) is 5.91 Å². The van der Waals surface area contributed by atoms with Gasteiger partial charge in [-0.1, -0.05) is 18.2 Å². The quantitative estimate of drug-likeness (QED) is 0.862. The minimum atomic E-state index is -0.637. The molecule has 0 fully saturated rings. The Labute approximate surface area is 153 Å². The van der Waals surface area contributed by atoms with E-state index < -0.39 is 6.04 Å². The van der Waals surface area contributed by atoms with Crippen molar-refractivity contribution in [2.24, 2.45) is 11.7 Å². The molecular formula is C21H24FN3O. The Morgan fingerprint density at radius 2 is 2.00 bits per heavy atom. The molecule has 0 spiro atoms. The van der Waals surface area contributed by atoms with Crippen molar-refractivity contribution in [1.29, 1.82) is 0 Å². The number of pyridine rings is 1. The minimum absolute atomic E-state index is 0.0190. The number of carbonyl (C=O) groups excluding carboxylic acids is 1. The van der Waals surface area contributed by atoms with Crippen LogP contribution in [-0.4, -0.2) is 16.9 Å². The number of amides is 1. The number of anilines is 1. The molecule has 1 aromatic heterocycles. The molecule has 0 bridgehead atoms. The monoisotopic (exact) mass is 353 g/mol. The Hall–Kier alpha value is -2.53. The number of aromatic nitrogens is 1. The molecule has 1 heterocycles. The number of hydrogen-bond donors (Lipinski definition) is 2. The summed E-state index contributed by atoms with van der Waals surface area (Å²) < 4.78 is 13.1. The van der Waals surface area contributed by atoms with Gasteiger partial charge in [0.1, 0.15) is 0 Å². The average Bonchev–Trinajstić information content (AvgIpc) is 2.63. The van der Waals surface area contributed by atoms with Crippen molar-refractivity contribution < 1.29 is 9.18 Å². The Kier molecular flexibility index (Phi) is 5.47. The number of nitrogens with one attached hydrogen (secondary N) is 1. The second-order valence-corrected chi connectivity index (χ2v) is 6.87. The Balaban J connectivity index is 1.68. The molecule has 0 aliphatic heterocycles. The number of nitrogens with zero attached hydrogens (tertiary/aromatic N) is 1. The lowest BCUT2D eigenvalue weighted by atomic mass is 9.87. The molecule has 136 valence electrons. The highest BCUT2D eigenvalue weighted by atomic mass is 19.1. The first-order valence-electron chi connectivity index (χ1n) is 8.89. The predicted molar refractivity (Wildman–Crippen MR) is 102 cm³/mol. The fraction of sp³-hybridized carbons (Fsp3) is 0.333. The molecule has 1 aliphatic rings. The summed E-state index contributed by atoms with van der Waals surface area (Å²) >= 11 is 0. The van der Waals surface area contributed by atoms with Crippen molar-refractivity contribution >= 4 is 11.6 Å². The summed E-state index contributed by atoms with van der Waals surface area (Å²) in [5.74, 6) is -0.355. The number of hydrogen-bond acceptors (Lipinski definition) is 3. The number of halogens is 1. The molecule has 0 saturated heterocycles. The van der Waals surface area contributed by atoms with E-state index in [4.69, 9.17) is 5.73 Å². The Morgan fingerprint density at radius 3 is 2.62 bits per heavy atom. The van der Waals surface area contributed by atoms with E-state index in [1.165, 1.54) is 6.08 Å². The van der Waals surface area contributed by atoms with Gasteiger partial charge in [-0.05, 0) is 68.4 Å². The third-order valence-corrected chi connectivity index (χ3v) is 5.00. The van der Waals surface area contributed by atoms with Crippen LogP contribution in [0.25, 0.3) is 11.1 Å². The first-order chi connectivity index (χ1) is 12.5. The molecule has 4 nitrogen and oxygen atoms in total. The minimum Gasteiger partial charge on any atom is -0.325 e. The summed E-state index contributed by atoms with van der Waals surface area (Å²) in [6.45, 7) is 4.04. The maximum Gasteiger partial charge on any atom is 0.241 e. The van der Waals surface area contributed by atoms with Crippen LogP contribution in [0.1, 0.15) is 30.5 Å². The van der Waals surface area contributed by atoms with Crippen LogP contribution in [0.2, 0.25) is 0 Å². The van der Waals surface area contributed by atoms with Crippen LogP contribution in [0.4, 0.5) is 10.1 Å². The number of benzene rings is 1. The molecule has 3 rings (SSSR count). The van der Waals surface area contributed by atoms with E-state index in [1.54, 1.807) is 6.20 Å². The van der Waals surface area contributed by atoms with Gasteiger partial charge in [-0.15, -0.1) is 0 Å². The molecule has 1 aromatic carbocycles. The molecule has 2 atom stereocenters. The number of aryl methyl sites for hydroxylation is 2. The number of rotatable bonds is 4. The first-order valence-corrected chi connectivity index (χ1v) is 8.89. The maximum absolute atomic E-state index is 13.1.